The van der Waals surface area contributed by atoms with Crippen molar-refractivity contribution in [2.24, 2.45) is 0 Å². The van der Waals surface area contributed by atoms with E-state index < -0.39 is 79.9 Å². The SMILES string of the molecule is O=c1c(-c2ccc(O)cc2)coc2c([C@@H]3O[C@H](CO)[C@@H](O)[C@H](O)[C@H]3O)c(O[C@@H]3O[C@H](CO)[C@@H](O)[C@H](O)[C@H]3O)ccc12. The van der Waals surface area contributed by atoms with E-state index in [2.05, 4.69) is 0 Å². The maximum absolute atomic E-state index is 13.5. The van der Waals surface area contributed by atoms with Crippen molar-refractivity contribution in [2.45, 2.75) is 61.2 Å². The minimum atomic E-state index is -1.82. The summed E-state index contributed by atoms with van der Waals surface area (Å²) in [4.78, 5) is 13.5. The highest BCUT2D eigenvalue weighted by Gasteiger charge is 2.48. The van der Waals surface area contributed by atoms with Crippen molar-refractivity contribution in [2.75, 3.05) is 13.2 Å². The molecule has 2 aliphatic rings. The fourth-order valence-corrected chi connectivity index (χ4v) is 5.05. The molecule has 222 valence electrons. The molecule has 0 radical (unpaired) electrons. The number of phenols is 1. The Labute approximate surface area is 231 Å². The van der Waals surface area contributed by atoms with Gasteiger partial charge < -0.3 is 64.6 Å². The number of aliphatic hydroxyl groups excluding tert-OH is 8. The predicted octanol–water partition coefficient (Wildman–Crippen LogP) is -2.14. The van der Waals surface area contributed by atoms with E-state index >= 15 is 0 Å². The van der Waals surface area contributed by atoms with Gasteiger partial charge in [0.25, 0.3) is 0 Å². The van der Waals surface area contributed by atoms with Crippen LogP contribution in [-0.2, 0) is 9.47 Å². The summed E-state index contributed by atoms with van der Waals surface area (Å²) in [5.74, 6) is -0.231. The molecule has 41 heavy (non-hydrogen) atoms. The van der Waals surface area contributed by atoms with E-state index in [-0.39, 0.29) is 33.6 Å². The minimum Gasteiger partial charge on any atom is -0.508 e. The zero-order valence-corrected chi connectivity index (χ0v) is 21.3. The van der Waals surface area contributed by atoms with Gasteiger partial charge in [-0.1, -0.05) is 12.1 Å². The molecular formula is C27H30O14. The topological polar surface area (TPSA) is 240 Å². The summed E-state index contributed by atoms with van der Waals surface area (Å²) in [6.07, 6.45) is -15.3. The highest BCUT2D eigenvalue weighted by molar-refractivity contribution is 5.86. The Morgan fingerprint density at radius 2 is 1.34 bits per heavy atom. The standard InChI is InChI=1S/C27H30O14/c28-7-15-19(32)21(34)23(36)26(39-15)17-14(40-27-24(37)22(35)20(33)16(8-29)41-27)6-5-12-18(31)13(9-38-25(12)17)10-1-3-11(30)4-2-10/h1-6,9,15-16,19-24,26-30,32-37H,7-8H2/t15-,16-,19-,20-,21+,22+,23-,24-,26+,27-/m1/s1. The number of ether oxygens (including phenoxy) is 3. The largest absolute Gasteiger partial charge is 0.508 e. The number of aliphatic hydroxyl groups is 8. The van der Waals surface area contributed by atoms with E-state index in [0.29, 0.717) is 5.56 Å². The average Bonchev–Trinajstić information content (AvgIpc) is 2.97. The van der Waals surface area contributed by atoms with Gasteiger partial charge in [0, 0.05) is 0 Å². The van der Waals surface area contributed by atoms with Crippen LogP contribution in [0.2, 0.25) is 0 Å². The van der Waals surface area contributed by atoms with Gasteiger partial charge in [-0.05, 0) is 29.8 Å². The molecule has 0 unspecified atom stereocenters. The Kier molecular flexibility index (Phi) is 8.31. The van der Waals surface area contributed by atoms with Gasteiger partial charge in [0.2, 0.25) is 11.7 Å². The van der Waals surface area contributed by atoms with Gasteiger partial charge in [-0.3, -0.25) is 4.79 Å². The van der Waals surface area contributed by atoms with Gasteiger partial charge in [0.05, 0.1) is 29.7 Å². The quantitative estimate of drug-likeness (QED) is 0.152. The molecule has 0 saturated carbocycles. The van der Waals surface area contributed by atoms with E-state index in [4.69, 9.17) is 18.6 Å². The van der Waals surface area contributed by atoms with Crippen LogP contribution in [0.25, 0.3) is 22.1 Å². The summed E-state index contributed by atoms with van der Waals surface area (Å²) < 4.78 is 22.8. The van der Waals surface area contributed by atoms with E-state index in [1.807, 2.05) is 0 Å². The molecule has 2 aliphatic heterocycles. The molecule has 10 atom stereocenters. The Balaban J connectivity index is 1.65. The van der Waals surface area contributed by atoms with Gasteiger partial charge in [-0.15, -0.1) is 0 Å². The van der Waals surface area contributed by atoms with Gasteiger partial charge in [0.15, 0.2) is 0 Å². The zero-order chi connectivity index (χ0) is 29.6. The predicted molar refractivity (Wildman–Crippen MR) is 137 cm³/mol. The number of hydrogen-bond acceptors (Lipinski definition) is 14. The molecule has 3 aromatic rings. The second kappa shape index (κ2) is 11.6. The normalized spacial score (nSPS) is 34.0. The van der Waals surface area contributed by atoms with Crippen LogP contribution in [0, 0.1) is 0 Å². The zero-order valence-electron chi connectivity index (χ0n) is 21.3. The van der Waals surface area contributed by atoms with Gasteiger partial charge in [-0.25, -0.2) is 0 Å². The van der Waals surface area contributed by atoms with Crippen molar-refractivity contribution in [3.63, 3.8) is 0 Å². The number of benzene rings is 2. The first-order chi connectivity index (χ1) is 19.6. The Morgan fingerprint density at radius 1 is 0.732 bits per heavy atom. The summed E-state index contributed by atoms with van der Waals surface area (Å²) in [7, 11) is 0. The molecule has 2 aromatic carbocycles. The van der Waals surface area contributed by atoms with Crippen molar-refractivity contribution in [3.8, 4) is 22.6 Å². The third-order valence-electron chi connectivity index (χ3n) is 7.39. The Bertz CT molecular complexity index is 1420. The lowest BCUT2D eigenvalue weighted by Gasteiger charge is -2.42. The number of fused-ring (bicyclic) bond motifs is 1. The van der Waals surface area contributed by atoms with Gasteiger partial charge in [0.1, 0.15) is 78.3 Å². The van der Waals surface area contributed by atoms with Crippen molar-refractivity contribution in [3.05, 3.63) is 58.4 Å². The molecule has 5 rings (SSSR count). The highest BCUT2D eigenvalue weighted by atomic mass is 16.7. The number of phenolic OH excluding ortho intramolecular Hbond substituents is 1. The van der Waals surface area contributed by atoms with E-state index in [0.717, 1.165) is 6.26 Å². The lowest BCUT2D eigenvalue weighted by Crippen LogP contribution is -2.60. The third kappa shape index (κ3) is 5.19. The highest BCUT2D eigenvalue weighted by Crippen LogP contribution is 2.42. The smallest absolute Gasteiger partial charge is 0.229 e. The molecule has 9 N–H and O–H groups in total. The van der Waals surface area contributed by atoms with Gasteiger partial charge >= 0.3 is 0 Å². The second-order valence-electron chi connectivity index (χ2n) is 9.94. The Hall–Kier alpha value is -3.15. The van der Waals surface area contributed by atoms with Crippen molar-refractivity contribution < 1.29 is 64.6 Å². The van der Waals surface area contributed by atoms with Crippen LogP contribution in [0.5, 0.6) is 11.5 Å². The summed E-state index contributed by atoms with van der Waals surface area (Å²) in [6, 6.07) is 8.35. The molecule has 14 heteroatoms. The lowest BCUT2D eigenvalue weighted by molar-refractivity contribution is -0.278. The third-order valence-corrected chi connectivity index (χ3v) is 7.39. The number of aromatic hydroxyl groups is 1. The summed E-state index contributed by atoms with van der Waals surface area (Å²) >= 11 is 0. The number of rotatable bonds is 6. The van der Waals surface area contributed by atoms with E-state index in [9.17, 15) is 50.8 Å². The van der Waals surface area contributed by atoms with E-state index in [1.54, 1.807) is 0 Å². The van der Waals surface area contributed by atoms with Crippen LogP contribution in [0.15, 0.2) is 51.9 Å². The van der Waals surface area contributed by atoms with Crippen molar-refractivity contribution in [1.82, 2.24) is 0 Å². The summed E-state index contributed by atoms with van der Waals surface area (Å²) in [6.45, 7) is -1.47. The van der Waals surface area contributed by atoms with Crippen LogP contribution >= 0.6 is 0 Å². The molecule has 3 heterocycles. The Morgan fingerprint density at radius 3 is 1.98 bits per heavy atom. The number of hydrogen-bond donors (Lipinski definition) is 9. The molecular weight excluding hydrogens is 548 g/mol. The minimum absolute atomic E-state index is 0.0150. The molecule has 0 bridgehead atoms. The van der Waals surface area contributed by atoms with Crippen molar-refractivity contribution in [1.29, 1.82) is 0 Å². The second-order valence-corrected chi connectivity index (χ2v) is 9.94. The van der Waals surface area contributed by atoms with Crippen LogP contribution in [0.3, 0.4) is 0 Å². The summed E-state index contributed by atoms with van der Waals surface area (Å²) in [5.41, 5.74) is -0.314. The van der Waals surface area contributed by atoms with Crippen LogP contribution < -0.4 is 10.2 Å². The maximum Gasteiger partial charge on any atom is 0.229 e. The van der Waals surface area contributed by atoms with Crippen LogP contribution in [-0.4, -0.2) is 114 Å². The average molecular weight is 579 g/mol. The fourth-order valence-electron chi connectivity index (χ4n) is 5.05. The fraction of sp³-hybridized carbons (Fsp3) is 0.444. The molecule has 0 amide bonds. The molecule has 1 aromatic heterocycles. The summed E-state index contributed by atoms with van der Waals surface area (Å²) in [5, 5.41) is 91.3. The lowest BCUT2D eigenvalue weighted by atomic mass is 9.89. The van der Waals surface area contributed by atoms with E-state index in [1.165, 1.54) is 36.4 Å². The first kappa shape index (κ1) is 29.3. The first-order valence-electron chi connectivity index (χ1n) is 12.7. The molecule has 14 nitrogen and oxygen atoms in total. The molecule has 0 spiro atoms. The van der Waals surface area contributed by atoms with Crippen LogP contribution in [0.4, 0.5) is 0 Å². The van der Waals surface area contributed by atoms with Gasteiger partial charge in [-0.2, -0.15) is 0 Å². The monoisotopic (exact) mass is 578 g/mol. The maximum atomic E-state index is 13.5. The molecule has 0 aliphatic carbocycles. The van der Waals surface area contributed by atoms with Crippen molar-refractivity contribution >= 4 is 11.0 Å². The molecule has 2 saturated heterocycles. The van der Waals surface area contributed by atoms with Crippen LogP contribution in [0.1, 0.15) is 11.7 Å². The molecule has 2 fully saturated rings. The first-order valence-corrected chi connectivity index (χ1v) is 12.7.